The van der Waals surface area contributed by atoms with Crippen molar-refractivity contribution >= 4 is 24.3 Å². The molecule has 2 atom stereocenters. The SMILES string of the molecule is COC(=O)[C@@H](C)NC(=O)C1CCCN1.Cl. The molecule has 0 radical (unpaired) electrons. The number of rotatable bonds is 3. The van der Waals surface area contributed by atoms with E-state index >= 15 is 0 Å². The van der Waals surface area contributed by atoms with Crippen molar-refractivity contribution in [1.82, 2.24) is 10.6 Å². The minimum absolute atomic E-state index is 0. The zero-order chi connectivity index (χ0) is 10.6. The van der Waals surface area contributed by atoms with E-state index in [9.17, 15) is 9.59 Å². The summed E-state index contributed by atoms with van der Waals surface area (Å²) >= 11 is 0. The zero-order valence-electron chi connectivity index (χ0n) is 8.91. The second-order valence-corrected chi connectivity index (χ2v) is 3.40. The fourth-order valence-corrected chi connectivity index (χ4v) is 1.46. The Bertz CT molecular complexity index is 229. The van der Waals surface area contributed by atoms with Crippen LogP contribution in [0.25, 0.3) is 0 Å². The van der Waals surface area contributed by atoms with Gasteiger partial charge in [-0.2, -0.15) is 0 Å². The van der Waals surface area contributed by atoms with Crippen LogP contribution in [0.15, 0.2) is 0 Å². The molecule has 1 heterocycles. The van der Waals surface area contributed by atoms with Crippen molar-refractivity contribution in [1.29, 1.82) is 0 Å². The summed E-state index contributed by atoms with van der Waals surface area (Å²) in [6.07, 6.45) is 1.84. The van der Waals surface area contributed by atoms with Crippen LogP contribution in [-0.4, -0.2) is 37.6 Å². The first-order valence-electron chi connectivity index (χ1n) is 4.76. The first-order valence-corrected chi connectivity index (χ1v) is 4.76. The molecule has 0 saturated carbocycles. The molecule has 1 aliphatic heterocycles. The van der Waals surface area contributed by atoms with Crippen molar-refractivity contribution in [2.75, 3.05) is 13.7 Å². The standard InChI is InChI=1S/C9H16N2O3.ClH/c1-6(9(13)14-2)11-8(12)7-4-3-5-10-7;/h6-7,10H,3-5H2,1-2H3,(H,11,12);1H/t6-,7?;/m1./s1. The Morgan fingerprint density at radius 1 is 1.53 bits per heavy atom. The minimum atomic E-state index is -0.574. The molecule has 5 nitrogen and oxygen atoms in total. The Morgan fingerprint density at radius 2 is 2.20 bits per heavy atom. The normalized spacial score (nSPS) is 21.3. The maximum atomic E-state index is 11.5. The molecular formula is C9H17ClN2O3. The molecule has 0 aromatic heterocycles. The molecule has 1 saturated heterocycles. The highest BCUT2D eigenvalue weighted by molar-refractivity contribution is 5.87. The lowest BCUT2D eigenvalue weighted by atomic mass is 10.2. The van der Waals surface area contributed by atoms with Crippen molar-refractivity contribution in [3.63, 3.8) is 0 Å². The third-order valence-electron chi connectivity index (χ3n) is 2.29. The molecule has 1 unspecified atom stereocenters. The Morgan fingerprint density at radius 3 is 2.67 bits per heavy atom. The lowest BCUT2D eigenvalue weighted by Crippen LogP contribution is -2.47. The summed E-state index contributed by atoms with van der Waals surface area (Å²) < 4.78 is 4.50. The summed E-state index contributed by atoms with van der Waals surface area (Å²) in [5.74, 6) is -0.545. The summed E-state index contributed by atoms with van der Waals surface area (Å²) in [7, 11) is 1.30. The summed E-state index contributed by atoms with van der Waals surface area (Å²) in [6, 6.07) is -0.725. The molecule has 0 aromatic rings. The number of esters is 1. The van der Waals surface area contributed by atoms with Gasteiger partial charge in [0.2, 0.25) is 5.91 Å². The predicted octanol–water partition coefficient (Wildman–Crippen LogP) is -0.162. The third-order valence-corrected chi connectivity index (χ3v) is 2.29. The van der Waals surface area contributed by atoms with E-state index in [1.807, 2.05) is 0 Å². The van der Waals surface area contributed by atoms with Gasteiger partial charge in [-0.1, -0.05) is 0 Å². The van der Waals surface area contributed by atoms with Crippen LogP contribution in [-0.2, 0) is 14.3 Å². The van der Waals surface area contributed by atoms with Gasteiger partial charge in [0.15, 0.2) is 0 Å². The topological polar surface area (TPSA) is 67.4 Å². The van der Waals surface area contributed by atoms with E-state index in [1.165, 1.54) is 7.11 Å². The number of amides is 1. The summed E-state index contributed by atoms with van der Waals surface area (Å²) in [4.78, 5) is 22.5. The number of nitrogens with one attached hydrogen (secondary N) is 2. The van der Waals surface area contributed by atoms with Crippen LogP contribution < -0.4 is 10.6 Å². The van der Waals surface area contributed by atoms with Gasteiger partial charge in [-0.25, -0.2) is 4.79 Å². The first kappa shape index (κ1) is 14.2. The highest BCUT2D eigenvalue weighted by atomic mass is 35.5. The first-order chi connectivity index (χ1) is 6.65. The molecule has 1 amide bonds. The van der Waals surface area contributed by atoms with E-state index in [1.54, 1.807) is 6.92 Å². The summed E-state index contributed by atoms with van der Waals surface area (Å²) in [5, 5.41) is 5.65. The smallest absolute Gasteiger partial charge is 0.328 e. The Hall–Kier alpha value is -0.810. The second-order valence-electron chi connectivity index (χ2n) is 3.40. The van der Waals surface area contributed by atoms with Crippen LogP contribution in [0.4, 0.5) is 0 Å². The van der Waals surface area contributed by atoms with Crippen molar-refractivity contribution in [2.24, 2.45) is 0 Å². The molecule has 0 aliphatic carbocycles. The molecular weight excluding hydrogens is 220 g/mol. The third kappa shape index (κ3) is 4.05. The monoisotopic (exact) mass is 236 g/mol. The fraction of sp³-hybridized carbons (Fsp3) is 0.778. The number of carbonyl (C=O) groups excluding carboxylic acids is 2. The molecule has 0 bridgehead atoms. The number of halogens is 1. The summed E-state index contributed by atoms with van der Waals surface area (Å²) in [6.45, 7) is 2.48. The van der Waals surface area contributed by atoms with Gasteiger partial charge in [0, 0.05) is 0 Å². The van der Waals surface area contributed by atoms with Gasteiger partial charge < -0.3 is 15.4 Å². The van der Waals surface area contributed by atoms with Gasteiger partial charge in [-0.15, -0.1) is 12.4 Å². The van der Waals surface area contributed by atoms with E-state index in [-0.39, 0.29) is 24.4 Å². The van der Waals surface area contributed by atoms with E-state index < -0.39 is 12.0 Å². The lowest BCUT2D eigenvalue weighted by Gasteiger charge is -2.15. The van der Waals surface area contributed by atoms with Gasteiger partial charge in [-0.3, -0.25) is 4.79 Å². The van der Waals surface area contributed by atoms with Crippen LogP contribution in [0.1, 0.15) is 19.8 Å². The lowest BCUT2D eigenvalue weighted by molar-refractivity contribution is -0.144. The number of hydrogen-bond donors (Lipinski definition) is 2. The molecule has 6 heteroatoms. The highest BCUT2D eigenvalue weighted by Crippen LogP contribution is 2.04. The van der Waals surface area contributed by atoms with Gasteiger partial charge in [0.1, 0.15) is 6.04 Å². The van der Waals surface area contributed by atoms with Crippen LogP contribution in [0, 0.1) is 0 Å². The summed E-state index contributed by atoms with van der Waals surface area (Å²) in [5.41, 5.74) is 0. The highest BCUT2D eigenvalue weighted by Gasteiger charge is 2.25. The molecule has 2 N–H and O–H groups in total. The van der Waals surface area contributed by atoms with Crippen LogP contribution in [0.2, 0.25) is 0 Å². The number of carbonyl (C=O) groups is 2. The Labute approximate surface area is 95.3 Å². The van der Waals surface area contributed by atoms with Crippen LogP contribution in [0.5, 0.6) is 0 Å². The van der Waals surface area contributed by atoms with Gasteiger partial charge >= 0.3 is 5.97 Å². The van der Waals surface area contributed by atoms with Gasteiger partial charge in [0.25, 0.3) is 0 Å². The molecule has 0 spiro atoms. The van der Waals surface area contributed by atoms with E-state index in [2.05, 4.69) is 15.4 Å². The zero-order valence-corrected chi connectivity index (χ0v) is 9.73. The van der Waals surface area contributed by atoms with Crippen molar-refractivity contribution < 1.29 is 14.3 Å². The van der Waals surface area contributed by atoms with Crippen molar-refractivity contribution in [3.8, 4) is 0 Å². The molecule has 1 aliphatic rings. The van der Waals surface area contributed by atoms with Crippen LogP contribution >= 0.6 is 12.4 Å². The van der Waals surface area contributed by atoms with Crippen molar-refractivity contribution in [3.05, 3.63) is 0 Å². The number of methoxy groups -OCH3 is 1. The fourth-order valence-electron chi connectivity index (χ4n) is 1.46. The average molecular weight is 237 g/mol. The molecule has 0 aromatic carbocycles. The van der Waals surface area contributed by atoms with Crippen molar-refractivity contribution in [2.45, 2.75) is 31.8 Å². The average Bonchev–Trinajstić information content (AvgIpc) is 2.69. The van der Waals surface area contributed by atoms with E-state index in [0.717, 1.165) is 19.4 Å². The van der Waals surface area contributed by atoms with E-state index in [4.69, 9.17) is 0 Å². The molecule has 1 rings (SSSR count). The number of hydrogen-bond acceptors (Lipinski definition) is 4. The molecule has 1 fully saturated rings. The minimum Gasteiger partial charge on any atom is -0.467 e. The maximum Gasteiger partial charge on any atom is 0.328 e. The van der Waals surface area contributed by atoms with Crippen LogP contribution in [0.3, 0.4) is 0 Å². The Balaban J connectivity index is 0.00000196. The number of ether oxygens (including phenoxy) is 1. The maximum absolute atomic E-state index is 11.5. The van der Waals surface area contributed by atoms with Gasteiger partial charge in [0.05, 0.1) is 13.2 Å². The van der Waals surface area contributed by atoms with Gasteiger partial charge in [-0.05, 0) is 26.3 Å². The second kappa shape index (κ2) is 6.63. The Kier molecular flexibility index (Phi) is 6.27. The predicted molar refractivity (Wildman–Crippen MR) is 57.9 cm³/mol. The quantitative estimate of drug-likeness (QED) is 0.669. The molecule has 15 heavy (non-hydrogen) atoms. The molecule has 88 valence electrons. The van der Waals surface area contributed by atoms with E-state index in [0.29, 0.717) is 0 Å². The largest absolute Gasteiger partial charge is 0.467 e.